The van der Waals surface area contributed by atoms with Gasteiger partial charge in [-0.05, 0) is 6.92 Å². The van der Waals surface area contributed by atoms with Gasteiger partial charge < -0.3 is 14.8 Å². The lowest BCUT2D eigenvalue weighted by molar-refractivity contribution is 0.0939. The molecule has 5 nitrogen and oxygen atoms in total. The summed E-state index contributed by atoms with van der Waals surface area (Å²) in [6, 6.07) is 0. The zero-order chi connectivity index (χ0) is 8.97. The fourth-order valence-electron chi connectivity index (χ4n) is 0.776. The van der Waals surface area contributed by atoms with Gasteiger partial charge in [-0.25, -0.2) is 4.98 Å². The number of hydrogen-bond acceptors (Lipinski definition) is 4. The first-order valence-corrected chi connectivity index (χ1v) is 3.55. The summed E-state index contributed by atoms with van der Waals surface area (Å²) in [7, 11) is 0. The maximum Gasteiger partial charge on any atom is 0.273 e. The summed E-state index contributed by atoms with van der Waals surface area (Å²) in [4.78, 5) is 14.8. The molecule has 0 atom stereocenters. The lowest BCUT2D eigenvalue weighted by Crippen LogP contribution is -2.27. The van der Waals surface area contributed by atoms with Crippen molar-refractivity contribution < 1.29 is 14.3 Å². The van der Waals surface area contributed by atoms with E-state index < -0.39 is 0 Å². The molecular weight excluding hydrogens is 160 g/mol. The molecule has 0 aliphatic rings. The Hall–Kier alpha value is -1.36. The molecule has 0 saturated heterocycles. The largest absolute Gasteiger partial charge is 0.448 e. The second kappa shape index (κ2) is 3.87. The van der Waals surface area contributed by atoms with Crippen molar-refractivity contribution in [1.82, 2.24) is 10.3 Å². The highest BCUT2D eigenvalue weighted by Gasteiger charge is 2.11. The third-order valence-electron chi connectivity index (χ3n) is 1.36. The van der Waals surface area contributed by atoms with Gasteiger partial charge in [-0.15, -0.1) is 0 Å². The van der Waals surface area contributed by atoms with Gasteiger partial charge in [0.2, 0.25) is 0 Å². The molecule has 0 fully saturated rings. The highest BCUT2D eigenvalue weighted by molar-refractivity contribution is 5.92. The summed E-state index contributed by atoms with van der Waals surface area (Å²) < 4.78 is 4.83. The van der Waals surface area contributed by atoms with Gasteiger partial charge in [-0.3, -0.25) is 4.79 Å². The number of aromatic nitrogens is 1. The summed E-state index contributed by atoms with van der Waals surface area (Å²) in [6.07, 6.45) is 1.21. The molecule has 0 unspecified atom stereocenters. The second-order valence-electron chi connectivity index (χ2n) is 2.24. The Morgan fingerprint density at radius 1 is 1.83 bits per heavy atom. The molecule has 12 heavy (non-hydrogen) atoms. The number of rotatable bonds is 3. The lowest BCUT2D eigenvalue weighted by Gasteiger charge is -1.98. The number of aliphatic hydroxyl groups is 1. The molecule has 0 saturated carbocycles. The molecule has 1 aromatic heterocycles. The van der Waals surface area contributed by atoms with E-state index in [-0.39, 0.29) is 24.8 Å². The van der Waals surface area contributed by atoms with Gasteiger partial charge in [0.15, 0.2) is 12.1 Å². The first-order valence-electron chi connectivity index (χ1n) is 3.55. The van der Waals surface area contributed by atoms with E-state index in [4.69, 9.17) is 9.52 Å². The van der Waals surface area contributed by atoms with Crippen LogP contribution in [0.3, 0.4) is 0 Å². The van der Waals surface area contributed by atoms with Gasteiger partial charge in [0.05, 0.1) is 6.61 Å². The van der Waals surface area contributed by atoms with Crippen LogP contribution in [0, 0.1) is 6.92 Å². The third-order valence-corrected chi connectivity index (χ3v) is 1.36. The molecule has 1 rings (SSSR count). The summed E-state index contributed by atoms with van der Waals surface area (Å²) in [5.41, 5.74) is 0.267. The first-order chi connectivity index (χ1) is 5.75. The maximum atomic E-state index is 11.1. The summed E-state index contributed by atoms with van der Waals surface area (Å²) in [5, 5.41) is 10.9. The number of amides is 1. The predicted molar refractivity (Wildman–Crippen MR) is 40.7 cm³/mol. The number of oxazole rings is 1. The van der Waals surface area contributed by atoms with E-state index in [0.29, 0.717) is 5.76 Å². The molecule has 66 valence electrons. The van der Waals surface area contributed by atoms with Gasteiger partial charge in [-0.2, -0.15) is 0 Å². The molecule has 0 aliphatic heterocycles. The smallest absolute Gasteiger partial charge is 0.273 e. The molecule has 2 N–H and O–H groups in total. The van der Waals surface area contributed by atoms with Crippen molar-refractivity contribution in [3.8, 4) is 0 Å². The number of aryl methyl sites for hydroxylation is 1. The minimum atomic E-state index is -0.324. The van der Waals surface area contributed by atoms with Crippen LogP contribution in [0.5, 0.6) is 0 Å². The summed E-state index contributed by atoms with van der Waals surface area (Å²) >= 11 is 0. The van der Waals surface area contributed by atoms with Gasteiger partial charge in [0, 0.05) is 6.54 Å². The van der Waals surface area contributed by atoms with Crippen LogP contribution in [-0.2, 0) is 0 Å². The monoisotopic (exact) mass is 170 g/mol. The van der Waals surface area contributed by atoms with Gasteiger partial charge in [-0.1, -0.05) is 0 Å². The zero-order valence-corrected chi connectivity index (χ0v) is 6.70. The normalized spacial score (nSPS) is 9.83. The molecule has 0 radical (unpaired) electrons. The Balaban J connectivity index is 2.59. The van der Waals surface area contributed by atoms with Gasteiger partial charge >= 0.3 is 0 Å². The molecule has 0 aromatic carbocycles. The number of nitrogens with zero attached hydrogens (tertiary/aromatic N) is 1. The maximum absolute atomic E-state index is 11.1. The fourth-order valence-corrected chi connectivity index (χ4v) is 0.776. The van der Waals surface area contributed by atoms with Crippen LogP contribution in [0.15, 0.2) is 10.8 Å². The van der Waals surface area contributed by atoms with Crippen molar-refractivity contribution in [3.63, 3.8) is 0 Å². The number of carbonyl (C=O) groups is 1. The molecule has 0 bridgehead atoms. The quantitative estimate of drug-likeness (QED) is 0.653. The van der Waals surface area contributed by atoms with E-state index in [0.717, 1.165) is 0 Å². The van der Waals surface area contributed by atoms with Gasteiger partial charge in [0.1, 0.15) is 5.76 Å². The fraction of sp³-hybridized carbons (Fsp3) is 0.429. The van der Waals surface area contributed by atoms with Crippen LogP contribution in [0.2, 0.25) is 0 Å². The van der Waals surface area contributed by atoms with Crippen molar-refractivity contribution in [2.45, 2.75) is 6.92 Å². The van der Waals surface area contributed by atoms with Crippen molar-refractivity contribution in [1.29, 1.82) is 0 Å². The van der Waals surface area contributed by atoms with E-state index in [9.17, 15) is 4.79 Å². The van der Waals surface area contributed by atoms with E-state index in [2.05, 4.69) is 10.3 Å². The zero-order valence-electron chi connectivity index (χ0n) is 6.70. The Morgan fingerprint density at radius 3 is 3.08 bits per heavy atom. The highest BCUT2D eigenvalue weighted by Crippen LogP contribution is 2.03. The van der Waals surface area contributed by atoms with Crippen LogP contribution in [0.25, 0.3) is 0 Å². The summed E-state index contributed by atoms with van der Waals surface area (Å²) in [5.74, 6) is 0.153. The van der Waals surface area contributed by atoms with Gasteiger partial charge in [0.25, 0.3) is 5.91 Å². The van der Waals surface area contributed by atoms with Crippen LogP contribution >= 0.6 is 0 Å². The van der Waals surface area contributed by atoms with Crippen molar-refractivity contribution in [3.05, 3.63) is 17.8 Å². The SMILES string of the molecule is Cc1ocnc1C(=O)NCCO. The Morgan fingerprint density at radius 2 is 2.58 bits per heavy atom. The number of aliphatic hydroxyl groups excluding tert-OH is 1. The van der Waals surface area contributed by atoms with Crippen molar-refractivity contribution in [2.24, 2.45) is 0 Å². The average molecular weight is 170 g/mol. The lowest BCUT2D eigenvalue weighted by atomic mass is 10.3. The number of hydrogen-bond donors (Lipinski definition) is 2. The van der Waals surface area contributed by atoms with Crippen LogP contribution in [0.1, 0.15) is 16.2 Å². The molecular formula is C7H10N2O3. The van der Waals surface area contributed by atoms with Crippen LogP contribution in [-0.4, -0.2) is 29.1 Å². The van der Waals surface area contributed by atoms with Crippen LogP contribution < -0.4 is 5.32 Å². The van der Waals surface area contributed by atoms with E-state index >= 15 is 0 Å². The molecule has 1 aromatic rings. The Labute approximate surface area is 69.4 Å². The average Bonchev–Trinajstić information content (AvgIpc) is 2.47. The second-order valence-corrected chi connectivity index (χ2v) is 2.24. The highest BCUT2D eigenvalue weighted by atomic mass is 16.3. The number of carbonyl (C=O) groups excluding carboxylic acids is 1. The predicted octanol–water partition coefficient (Wildman–Crippen LogP) is -0.295. The standard InChI is InChI=1S/C7H10N2O3/c1-5-6(9-4-12-5)7(11)8-2-3-10/h4,10H,2-3H2,1H3,(H,8,11). The van der Waals surface area contributed by atoms with Crippen molar-refractivity contribution in [2.75, 3.05) is 13.2 Å². The summed E-state index contributed by atoms with van der Waals surface area (Å²) in [6.45, 7) is 1.80. The third kappa shape index (κ3) is 1.82. The Bertz CT molecular complexity index is 269. The molecule has 1 heterocycles. The molecule has 0 aliphatic carbocycles. The molecule has 1 amide bonds. The topological polar surface area (TPSA) is 75.4 Å². The van der Waals surface area contributed by atoms with E-state index in [1.807, 2.05) is 0 Å². The molecule has 5 heteroatoms. The minimum Gasteiger partial charge on any atom is -0.448 e. The first kappa shape index (κ1) is 8.73. The Kier molecular flexibility index (Phi) is 2.82. The van der Waals surface area contributed by atoms with Crippen LogP contribution in [0.4, 0.5) is 0 Å². The van der Waals surface area contributed by atoms with E-state index in [1.54, 1.807) is 6.92 Å². The van der Waals surface area contributed by atoms with Crippen molar-refractivity contribution >= 4 is 5.91 Å². The minimum absolute atomic E-state index is 0.0807. The number of nitrogens with one attached hydrogen (secondary N) is 1. The molecule has 0 spiro atoms. The van der Waals surface area contributed by atoms with E-state index in [1.165, 1.54) is 6.39 Å².